The predicted octanol–water partition coefficient (Wildman–Crippen LogP) is 4.68. The summed E-state index contributed by atoms with van der Waals surface area (Å²) in [7, 11) is 1.88. The van der Waals surface area contributed by atoms with Gasteiger partial charge >= 0.3 is 0 Å². The zero-order valence-corrected chi connectivity index (χ0v) is 12.7. The van der Waals surface area contributed by atoms with Crippen molar-refractivity contribution in [2.75, 3.05) is 13.6 Å². The lowest BCUT2D eigenvalue weighted by molar-refractivity contribution is 0.574. The minimum Gasteiger partial charge on any atom is -0.319 e. The molecule has 1 unspecified atom stereocenters. The monoisotopic (exact) mass is 311 g/mol. The van der Waals surface area contributed by atoms with E-state index in [2.05, 4.69) is 5.32 Å². The predicted molar refractivity (Wildman–Crippen MR) is 83.2 cm³/mol. The summed E-state index contributed by atoms with van der Waals surface area (Å²) in [4.78, 5) is 0. The Labute approximate surface area is 128 Å². The molecular formula is C16H16Cl2FN. The van der Waals surface area contributed by atoms with Gasteiger partial charge in [-0.25, -0.2) is 4.39 Å². The van der Waals surface area contributed by atoms with Crippen LogP contribution < -0.4 is 5.32 Å². The van der Waals surface area contributed by atoms with Gasteiger partial charge in [-0.2, -0.15) is 0 Å². The van der Waals surface area contributed by atoms with Gasteiger partial charge in [0.15, 0.2) is 0 Å². The van der Waals surface area contributed by atoms with E-state index in [4.69, 9.17) is 23.2 Å². The average molecular weight is 312 g/mol. The van der Waals surface area contributed by atoms with Crippen LogP contribution in [0.15, 0.2) is 42.5 Å². The highest BCUT2D eigenvalue weighted by molar-refractivity contribution is 6.31. The number of nitrogens with one attached hydrogen (secondary N) is 1. The number of benzene rings is 2. The lowest BCUT2D eigenvalue weighted by Gasteiger charge is -2.19. The maximum atomic E-state index is 13.9. The normalized spacial score (nSPS) is 12.4. The summed E-state index contributed by atoms with van der Waals surface area (Å²) in [5.74, 6) is -0.157. The van der Waals surface area contributed by atoms with Crippen molar-refractivity contribution in [3.63, 3.8) is 0 Å². The van der Waals surface area contributed by atoms with Crippen LogP contribution in [0.5, 0.6) is 0 Å². The van der Waals surface area contributed by atoms with E-state index < -0.39 is 0 Å². The highest BCUT2D eigenvalue weighted by atomic mass is 35.5. The van der Waals surface area contributed by atoms with Crippen LogP contribution in [0.2, 0.25) is 10.0 Å². The molecular weight excluding hydrogens is 296 g/mol. The number of rotatable bonds is 5. The van der Waals surface area contributed by atoms with Gasteiger partial charge in [-0.1, -0.05) is 47.5 Å². The zero-order valence-electron chi connectivity index (χ0n) is 11.2. The van der Waals surface area contributed by atoms with Gasteiger partial charge in [0.1, 0.15) is 5.82 Å². The second kappa shape index (κ2) is 7.07. The molecule has 2 rings (SSSR count). The van der Waals surface area contributed by atoms with E-state index >= 15 is 0 Å². The second-order valence-electron chi connectivity index (χ2n) is 4.72. The van der Waals surface area contributed by atoms with Crippen molar-refractivity contribution >= 4 is 23.2 Å². The SMILES string of the molecule is CNCC(Cc1ccc(Cl)cc1F)c1ccccc1Cl. The average Bonchev–Trinajstić information content (AvgIpc) is 2.42. The van der Waals surface area contributed by atoms with Gasteiger partial charge in [0, 0.05) is 22.5 Å². The molecule has 2 aromatic carbocycles. The molecule has 0 saturated carbocycles. The largest absolute Gasteiger partial charge is 0.319 e. The molecule has 4 heteroatoms. The molecule has 0 saturated heterocycles. The Kier molecular flexibility index (Phi) is 5.41. The fourth-order valence-electron chi connectivity index (χ4n) is 2.30. The van der Waals surface area contributed by atoms with Gasteiger partial charge in [-0.3, -0.25) is 0 Å². The van der Waals surface area contributed by atoms with Crippen LogP contribution >= 0.6 is 23.2 Å². The quantitative estimate of drug-likeness (QED) is 0.845. The molecule has 1 nitrogen and oxygen atoms in total. The molecule has 0 aliphatic carbocycles. The molecule has 20 heavy (non-hydrogen) atoms. The van der Waals surface area contributed by atoms with Crippen molar-refractivity contribution in [1.29, 1.82) is 0 Å². The standard InChI is InChI=1S/C16H16Cl2FN/c1-20-10-12(14-4-2-3-5-15(14)18)8-11-6-7-13(17)9-16(11)19/h2-7,9,12,20H,8,10H2,1H3. The first-order valence-corrected chi connectivity index (χ1v) is 7.20. The summed E-state index contributed by atoms with van der Waals surface area (Å²) in [6, 6.07) is 12.5. The lowest BCUT2D eigenvalue weighted by Crippen LogP contribution is -2.20. The summed E-state index contributed by atoms with van der Waals surface area (Å²) >= 11 is 12.0. The van der Waals surface area contributed by atoms with E-state index in [9.17, 15) is 4.39 Å². The smallest absolute Gasteiger partial charge is 0.127 e. The third kappa shape index (κ3) is 3.72. The summed E-state index contributed by atoms with van der Waals surface area (Å²) in [5.41, 5.74) is 1.67. The van der Waals surface area contributed by atoms with Crippen molar-refractivity contribution in [3.05, 3.63) is 69.5 Å². The molecule has 0 amide bonds. The van der Waals surface area contributed by atoms with Crippen molar-refractivity contribution in [2.45, 2.75) is 12.3 Å². The summed E-state index contributed by atoms with van der Waals surface area (Å²) in [5, 5.41) is 4.26. The van der Waals surface area contributed by atoms with Crippen molar-refractivity contribution in [3.8, 4) is 0 Å². The Morgan fingerprint density at radius 2 is 1.90 bits per heavy atom. The topological polar surface area (TPSA) is 12.0 Å². The van der Waals surface area contributed by atoms with Crippen LogP contribution in [-0.2, 0) is 6.42 Å². The maximum Gasteiger partial charge on any atom is 0.127 e. The summed E-state index contributed by atoms with van der Waals surface area (Å²) in [6.07, 6.45) is 0.577. The molecule has 0 heterocycles. The second-order valence-corrected chi connectivity index (χ2v) is 5.56. The van der Waals surface area contributed by atoms with Gasteiger partial charge in [0.05, 0.1) is 0 Å². The molecule has 106 valence electrons. The van der Waals surface area contributed by atoms with Crippen LogP contribution in [0.1, 0.15) is 17.0 Å². The number of hydrogen-bond donors (Lipinski definition) is 1. The Bertz CT molecular complexity index is 586. The van der Waals surface area contributed by atoms with E-state index in [0.717, 1.165) is 12.1 Å². The minimum atomic E-state index is -0.273. The number of likely N-dealkylation sites (N-methyl/N-ethyl adjacent to an activating group) is 1. The van der Waals surface area contributed by atoms with Gasteiger partial charge in [-0.15, -0.1) is 0 Å². The van der Waals surface area contributed by atoms with E-state index in [-0.39, 0.29) is 11.7 Å². The van der Waals surface area contributed by atoms with Gasteiger partial charge in [-0.05, 0) is 42.8 Å². The van der Waals surface area contributed by atoms with Crippen molar-refractivity contribution in [1.82, 2.24) is 5.32 Å². The molecule has 0 spiro atoms. The lowest BCUT2D eigenvalue weighted by atomic mass is 9.91. The van der Waals surface area contributed by atoms with E-state index in [1.54, 1.807) is 12.1 Å². The molecule has 1 atom stereocenters. The molecule has 2 aromatic rings. The number of hydrogen-bond acceptors (Lipinski definition) is 1. The summed E-state index contributed by atoms with van der Waals surface area (Å²) < 4.78 is 13.9. The zero-order chi connectivity index (χ0) is 14.5. The minimum absolute atomic E-state index is 0.115. The van der Waals surface area contributed by atoms with Crippen LogP contribution in [-0.4, -0.2) is 13.6 Å². The summed E-state index contributed by atoms with van der Waals surface area (Å²) in [6.45, 7) is 0.728. The van der Waals surface area contributed by atoms with E-state index in [1.165, 1.54) is 6.07 Å². The Hall–Kier alpha value is -1.09. The van der Waals surface area contributed by atoms with Crippen LogP contribution in [0.3, 0.4) is 0 Å². The highest BCUT2D eigenvalue weighted by Gasteiger charge is 2.16. The first kappa shape index (κ1) is 15.3. The molecule has 0 bridgehead atoms. The first-order chi connectivity index (χ1) is 9.61. The Morgan fingerprint density at radius 1 is 1.15 bits per heavy atom. The van der Waals surface area contributed by atoms with Crippen molar-refractivity contribution in [2.24, 2.45) is 0 Å². The van der Waals surface area contributed by atoms with Gasteiger partial charge in [0.2, 0.25) is 0 Å². The van der Waals surface area contributed by atoms with E-state index in [0.29, 0.717) is 22.0 Å². The molecule has 0 radical (unpaired) electrons. The third-order valence-electron chi connectivity index (χ3n) is 3.28. The molecule has 1 N–H and O–H groups in total. The number of halogens is 3. The maximum absolute atomic E-state index is 13.9. The van der Waals surface area contributed by atoms with Gasteiger partial charge < -0.3 is 5.32 Å². The Morgan fingerprint density at radius 3 is 2.55 bits per heavy atom. The molecule has 0 aliphatic heterocycles. The Balaban J connectivity index is 2.28. The highest BCUT2D eigenvalue weighted by Crippen LogP contribution is 2.28. The third-order valence-corrected chi connectivity index (χ3v) is 3.86. The molecule has 0 aliphatic rings. The van der Waals surface area contributed by atoms with Gasteiger partial charge in [0.25, 0.3) is 0 Å². The molecule has 0 aromatic heterocycles. The van der Waals surface area contributed by atoms with Crippen LogP contribution in [0.25, 0.3) is 0 Å². The van der Waals surface area contributed by atoms with Crippen LogP contribution in [0, 0.1) is 5.82 Å². The first-order valence-electron chi connectivity index (χ1n) is 6.44. The van der Waals surface area contributed by atoms with Crippen LogP contribution in [0.4, 0.5) is 4.39 Å². The van der Waals surface area contributed by atoms with E-state index in [1.807, 2.05) is 31.3 Å². The fraction of sp³-hybridized carbons (Fsp3) is 0.250. The fourth-order valence-corrected chi connectivity index (χ4v) is 2.75. The van der Waals surface area contributed by atoms with Crippen molar-refractivity contribution < 1.29 is 4.39 Å². The molecule has 0 fully saturated rings.